The Bertz CT molecular complexity index is 1550. The molecule has 0 radical (unpaired) electrons. The monoisotopic (exact) mass is 705 g/mol. The molecule has 0 saturated carbocycles. The maximum absolute atomic E-state index is 14.8. The lowest BCUT2D eigenvalue weighted by atomic mass is 9.70. The highest BCUT2D eigenvalue weighted by Gasteiger charge is 2.75. The minimum atomic E-state index is -1.24. The fourth-order valence-electron chi connectivity index (χ4n) is 7.88. The molecule has 2 N–H and O–H groups in total. The van der Waals surface area contributed by atoms with E-state index < -0.39 is 47.7 Å². The summed E-state index contributed by atoms with van der Waals surface area (Å²) in [5, 5.41) is 12.6. The van der Waals surface area contributed by atoms with Crippen LogP contribution in [-0.4, -0.2) is 77.2 Å². The van der Waals surface area contributed by atoms with Crippen molar-refractivity contribution in [1.29, 1.82) is 0 Å². The summed E-state index contributed by atoms with van der Waals surface area (Å²) in [6, 6.07) is 14.7. The van der Waals surface area contributed by atoms with Crippen molar-refractivity contribution in [1.82, 2.24) is 10.2 Å². The Hall–Kier alpha value is -3.99. The predicted octanol–water partition coefficient (Wildman–Crippen LogP) is 5.54. The Balaban J connectivity index is 1.46. The van der Waals surface area contributed by atoms with Crippen molar-refractivity contribution in [2.75, 3.05) is 24.6 Å². The van der Waals surface area contributed by atoms with Gasteiger partial charge in [0.15, 0.2) is 0 Å². The molecular formula is C39H48ClN3O7. The molecule has 0 aromatic heterocycles. The lowest BCUT2D eigenvalue weighted by Gasteiger charge is -2.37. The van der Waals surface area contributed by atoms with Gasteiger partial charge in [-0.25, -0.2) is 0 Å². The number of para-hydroxylation sites is 1. The molecule has 0 aliphatic carbocycles. The highest BCUT2D eigenvalue weighted by Crippen LogP contribution is 2.59. The summed E-state index contributed by atoms with van der Waals surface area (Å²) in [6.07, 6.45) is 6.33. The van der Waals surface area contributed by atoms with Gasteiger partial charge in [-0.2, -0.15) is 0 Å². The molecule has 2 bridgehead atoms. The summed E-state index contributed by atoms with van der Waals surface area (Å²) in [6.45, 7) is 9.86. The van der Waals surface area contributed by atoms with Crippen molar-refractivity contribution < 1.29 is 33.8 Å². The molecule has 2 aromatic carbocycles. The molecule has 3 heterocycles. The second kappa shape index (κ2) is 16.8. The number of benzene rings is 2. The molecule has 0 unspecified atom stereocenters. The van der Waals surface area contributed by atoms with Crippen molar-refractivity contribution in [3.8, 4) is 0 Å². The Kier molecular flexibility index (Phi) is 12.5. The third-order valence-electron chi connectivity index (χ3n) is 10.1. The molecule has 2 aromatic rings. The minimum Gasteiger partial charge on any atom is -0.455 e. The number of anilines is 1. The molecule has 5 rings (SSSR count). The van der Waals surface area contributed by atoms with Crippen LogP contribution in [0.4, 0.5) is 5.69 Å². The lowest BCUT2D eigenvalue weighted by molar-refractivity contribution is -0.162. The summed E-state index contributed by atoms with van der Waals surface area (Å²) in [4.78, 5) is 59.4. The molecular weight excluding hydrogens is 658 g/mol. The Morgan fingerprint density at radius 2 is 1.82 bits per heavy atom. The number of hydrogen-bond acceptors (Lipinski definition) is 7. The number of aliphatic hydroxyl groups excluding tert-OH is 1. The van der Waals surface area contributed by atoms with Gasteiger partial charge in [0.25, 0.3) is 5.91 Å². The Morgan fingerprint density at radius 3 is 2.52 bits per heavy atom. The third-order valence-corrected chi connectivity index (χ3v) is 10.4. The van der Waals surface area contributed by atoms with Gasteiger partial charge in [-0.1, -0.05) is 79.1 Å². The van der Waals surface area contributed by atoms with E-state index >= 15 is 0 Å². The quantitative estimate of drug-likeness (QED) is 0.119. The van der Waals surface area contributed by atoms with Gasteiger partial charge in [0, 0.05) is 26.1 Å². The third kappa shape index (κ3) is 7.53. The average Bonchev–Trinajstić information content (AvgIpc) is 3.76. The number of ether oxygens (including phenoxy) is 2. The zero-order chi connectivity index (χ0) is 35.8. The zero-order valence-electron chi connectivity index (χ0n) is 28.7. The van der Waals surface area contributed by atoms with E-state index in [1.807, 2.05) is 30.3 Å². The van der Waals surface area contributed by atoms with E-state index in [1.54, 1.807) is 48.2 Å². The largest absolute Gasteiger partial charge is 0.455 e. The molecule has 268 valence electrons. The van der Waals surface area contributed by atoms with Crippen LogP contribution in [-0.2, 0) is 28.7 Å². The number of fused-ring (bicyclic) bond motifs is 1. The number of hydrogen-bond donors (Lipinski definition) is 2. The summed E-state index contributed by atoms with van der Waals surface area (Å²) < 4.78 is 12.9. The molecule has 3 aliphatic rings. The van der Waals surface area contributed by atoms with Crippen LogP contribution in [0.3, 0.4) is 0 Å². The topological polar surface area (TPSA) is 125 Å². The number of esters is 1. The van der Waals surface area contributed by atoms with Crippen LogP contribution >= 0.6 is 11.6 Å². The van der Waals surface area contributed by atoms with Gasteiger partial charge in [0.1, 0.15) is 17.7 Å². The van der Waals surface area contributed by atoms with E-state index in [1.165, 1.54) is 4.90 Å². The second-order valence-electron chi connectivity index (χ2n) is 13.4. The number of amides is 3. The average molecular weight is 706 g/mol. The Labute approximate surface area is 299 Å². The number of aliphatic hydroxyl groups is 1. The van der Waals surface area contributed by atoms with Gasteiger partial charge in [-0.05, 0) is 56.7 Å². The van der Waals surface area contributed by atoms with Gasteiger partial charge < -0.3 is 29.7 Å². The second-order valence-corrected chi connectivity index (χ2v) is 13.8. The first-order valence-corrected chi connectivity index (χ1v) is 18.0. The van der Waals surface area contributed by atoms with Crippen LogP contribution in [0.15, 0.2) is 79.9 Å². The number of halogens is 1. The van der Waals surface area contributed by atoms with Crippen molar-refractivity contribution in [2.24, 2.45) is 11.8 Å². The molecule has 3 fully saturated rings. The number of nitrogens with zero attached hydrogens (tertiary/aromatic N) is 2. The van der Waals surface area contributed by atoms with Gasteiger partial charge in [0.05, 0.1) is 34.7 Å². The van der Waals surface area contributed by atoms with E-state index in [2.05, 4.69) is 18.5 Å². The van der Waals surface area contributed by atoms with Crippen LogP contribution in [0.5, 0.6) is 0 Å². The summed E-state index contributed by atoms with van der Waals surface area (Å²) in [7, 11) is 0. The summed E-state index contributed by atoms with van der Waals surface area (Å²) in [5.41, 5.74) is -0.0417. The molecule has 11 heteroatoms. The normalized spacial score (nSPS) is 24.7. The number of carbonyl (C=O) groups is 4. The van der Waals surface area contributed by atoms with Crippen molar-refractivity contribution >= 4 is 41.0 Å². The van der Waals surface area contributed by atoms with E-state index in [4.69, 9.17) is 21.1 Å². The van der Waals surface area contributed by atoms with Crippen LogP contribution in [0, 0.1) is 11.8 Å². The number of allylic oxidation sites excluding steroid dienone is 1. The smallest absolute Gasteiger partial charge is 0.313 e. The maximum atomic E-state index is 14.8. The van der Waals surface area contributed by atoms with E-state index in [0.29, 0.717) is 54.9 Å². The van der Waals surface area contributed by atoms with Crippen LogP contribution in [0.25, 0.3) is 0 Å². The summed E-state index contributed by atoms with van der Waals surface area (Å²) in [5.74, 6) is -3.31. The van der Waals surface area contributed by atoms with E-state index in [9.17, 15) is 24.3 Å². The fourth-order valence-corrected chi connectivity index (χ4v) is 8.12. The molecule has 1 spiro atoms. The van der Waals surface area contributed by atoms with Gasteiger partial charge in [0.2, 0.25) is 11.8 Å². The van der Waals surface area contributed by atoms with E-state index in [0.717, 1.165) is 12.8 Å². The van der Waals surface area contributed by atoms with Crippen LogP contribution in [0.1, 0.15) is 70.0 Å². The van der Waals surface area contributed by atoms with Crippen LogP contribution < -0.4 is 10.2 Å². The van der Waals surface area contributed by atoms with Crippen molar-refractivity contribution in [2.45, 2.75) is 88.2 Å². The number of rotatable bonds is 18. The highest BCUT2D eigenvalue weighted by atomic mass is 35.5. The standard InChI is InChI=1S/C39H48ClN3O7/c1-4-6-20-31(45)41-26(3)34(27-16-10-9-11-17-27)49-38(48)32-30-21-22-39(50-30)33(32)36(46)43(24-14-7-8-15-25-44)35(39)37(47)42(23-5-2)29-19-13-12-18-28(29)40/h4-5,9-13,16-19,26,30,32-35,44H,1-2,6-8,14-15,20-25H2,3H3,(H,41,45)/t26-,30-,32+,33+,34-,35-,39+/m1/s1. The van der Waals surface area contributed by atoms with Gasteiger partial charge in [-0.15, -0.1) is 13.2 Å². The van der Waals surface area contributed by atoms with Crippen molar-refractivity contribution in [3.63, 3.8) is 0 Å². The Morgan fingerprint density at radius 1 is 1.10 bits per heavy atom. The number of unbranched alkanes of at least 4 members (excludes halogenated alkanes) is 3. The highest BCUT2D eigenvalue weighted by molar-refractivity contribution is 6.34. The maximum Gasteiger partial charge on any atom is 0.313 e. The predicted molar refractivity (Wildman–Crippen MR) is 191 cm³/mol. The number of likely N-dealkylation sites (tertiary alicyclic amines) is 1. The minimum absolute atomic E-state index is 0.0867. The first kappa shape index (κ1) is 37.3. The van der Waals surface area contributed by atoms with E-state index in [-0.39, 0.29) is 37.3 Å². The molecule has 3 saturated heterocycles. The van der Waals surface area contributed by atoms with Gasteiger partial charge in [-0.3, -0.25) is 19.2 Å². The summed E-state index contributed by atoms with van der Waals surface area (Å²) >= 11 is 6.58. The zero-order valence-corrected chi connectivity index (χ0v) is 29.4. The van der Waals surface area contributed by atoms with Crippen molar-refractivity contribution in [3.05, 3.63) is 90.5 Å². The molecule has 50 heavy (non-hydrogen) atoms. The molecule has 3 aliphatic heterocycles. The fraction of sp³-hybridized carbons (Fsp3) is 0.487. The molecule has 10 nitrogen and oxygen atoms in total. The lowest BCUT2D eigenvalue weighted by Crippen LogP contribution is -2.56. The number of nitrogens with one attached hydrogen (secondary N) is 1. The first-order valence-electron chi connectivity index (χ1n) is 17.6. The number of carbonyl (C=O) groups excluding carboxylic acids is 4. The SMILES string of the molecule is C=CCCC(=O)N[C@H](C)[C@@H](OC(=O)[C@@H]1[C@H]2C(=O)N(CCCCCCO)[C@H](C(=O)N(CC=C)c3ccccc3Cl)[C@]23CC[C@H]1O3)c1ccccc1. The first-order chi connectivity index (χ1) is 24.2. The van der Waals surface area contributed by atoms with Gasteiger partial charge >= 0.3 is 5.97 Å². The molecule has 3 amide bonds. The van der Waals surface area contributed by atoms with Crippen LogP contribution in [0.2, 0.25) is 5.02 Å². The molecule has 7 atom stereocenters.